The highest BCUT2D eigenvalue weighted by Gasteiger charge is 2.29. The monoisotopic (exact) mass is 538 g/mol. The maximum atomic E-state index is 13.8. The summed E-state index contributed by atoms with van der Waals surface area (Å²) in [4.78, 5) is 35.0. The van der Waals surface area contributed by atoms with Crippen LogP contribution in [0.15, 0.2) is 52.7 Å². The second-order valence-electron chi connectivity index (χ2n) is 9.44. The van der Waals surface area contributed by atoms with Crippen LogP contribution in [0.1, 0.15) is 5.56 Å². The molecule has 38 heavy (non-hydrogen) atoms. The number of hydrogen-bond donors (Lipinski definition) is 0. The molecule has 1 aromatic heterocycles. The Morgan fingerprint density at radius 1 is 1.21 bits per heavy atom. The van der Waals surface area contributed by atoms with Gasteiger partial charge in [0.05, 0.1) is 31.4 Å². The molecule has 3 heterocycles. The molecule has 1 amide bonds. The molecule has 2 aromatic carbocycles. The van der Waals surface area contributed by atoms with Crippen LogP contribution in [0.2, 0.25) is 0 Å². The Balaban J connectivity index is 1.64. The van der Waals surface area contributed by atoms with E-state index in [0.29, 0.717) is 57.5 Å². The zero-order valence-electron chi connectivity index (χ0n) is 21.6. The van der Waals surface area contributed by atoms with Crippen molar-refractivity contribution >= 4 is 34.4 Å². The standard InChI is InChI=1S/C28H31FN4O4S/c1-4-23(34)31-9-11-32(12-10-31)27-22-15-18(2)24(19-5-7-20(29)8-6-19)26-25(22)33(28(35)30-27)16-21(17-38-26)37-14-13-36-3/h4-8,15,21H,1,9-14,16-17H2,2-3H3/t21-/m1/s1. The fourth-order valence-electron chi connectivity index (χ4n) is 5.15. The van der Waals surface area contributed by atoms with Crippen LogP contribution >= 0.6 is 11.8 Å². The number of anilines is 1. The van der Waals surface area contributed by atoms with Crippen molar-refractivity contribution in [3.63, 3.8) is 0 Å². The molecule has 1 atom stereocenters. The third-order valence-electron chi connectivity index (χ3n) is 7.03. The summed E-state index contributed by atoms with van der Waals surface area (Å²) in [6.07, 6.45) is 1.13. The first-order valence-corrected chi connectivity index (χ1v) is 13.6. The number of carbonyl (C=O) groups is 1. The minimum atomic E-state index is -0.338. The van der Waals surface area contributed by atoms with Crippen molar-refractivity contribution in [1.29, 1.82) is 0 Å². The van der Waals surface area contributed by atoms with Crippen LogP contribution in [0.4, 0.5) is 10.2 Å². The zero-order chi connectivity index (χ0) is 26.8. The third-order valence-corrected chi connectivity index (χ3v) is 8.26. The van der Waals surface area contributed by atoms with E-state index in [-0.39, 0.29) is 23.5 Å². The molecule has 0 spiro atoms. The topological polar surface area (TPSA) is 76.9 Å². The van der Waals surface area contributed by atoms with Gasteiger partial charge in [0.15, 0.2) is 0 Å². The van der Waals surface area contributed by atoms with Crippen molar-refractivity contribution in [2.24, 2.45) is 0 Å². The molecule has 0 unspecified atom stereocenters. The van der Waals surface area contributed by atoms with Gasteiger partial charge >= 0.3 is 5.69 Å². The average Bonchev–Trinajstić information content (AvgIpc) is 3.12. The number of rotatable bonds is 7. The van der Waals surface area contributed by atoms with Crippen molar-refractivity contribution < 1.29 is 18.7 Å². The van der Waals surface area contributed by atoms with Crippen LogP contribution in [0.25, 0.3) is 22.0 Å². The van der Waals surface area contributed by atoms with E-state index in [0.717, 1.165) is 32.5 Å². The number of hydrogen-bond acceptors (Lipinski definition) is 7. The average molecular weight is 539 g/mol. The van der Waals surface area contributed by atoms with Crippen molar-refractivity contribution in [3.05, 3.63) is 64.9 Å². The van der Waals surface area contributed by atoms with Crippen molar-refractivity contribution in [3.8, 4) is 11.1 Å². The number of piperazine rings is 1. The lowest BCUT2D eigenvalue weighted by Gasteiger charge is -2.35. The van der Waals surface area contributed by atoms with Gasteiger partial charge in [-0.1, -0.05) is 18.7 Å². The van der Waals surface area contributed by atoms with Gasteiger partial charge in [-0.15, -0.1) is 11.8 Å². The molecule has 10 heteroatoms. The summed E-state index contributed by atoms with van der Waals surface area (Å²) in [7, 11) is 1.63. The number of thioether (sulfide) groups is 1. The number of aryl methyl sites for hydroxylation is 1. The quantitative estimate of drug-likeness (QED) is 0.337. The van der Waals surface area contributed by atoms with Gasteiger partial charge in [0.1, 0.15) is 11.6 Å². The van der Waals surface area contributed by atoms with E-state index in [2.05, 4.69) is 22.5 Å². The van der Waals surface area contributed by atoms with E-state index in [1.165, 1.54) is 18.2 Å². The predicted octanol–water partition coefficient (Wildman–Crippen LogP) is 3.48. The second kappa shape index (κ2) is 11.3. The summed E-state index contributed by atoms with van der Waals surface area (Å²) in [5.41, 5.74) is 3.36. The summed E-state index contributed by atoms with van der Waals surface area (Å²) >= 11 is 1.65. The molecule has 0 aliphatic carbocycles. The Labute approximate surface area is 225 Å². The van der Waals surface area contributed by atoms with E-state index in [1.54, 1.807) is 40.5 Å². The maximum Gasteiger partial charge on any atom is 0.350 e. The minimum absolute atomic E-state index is 0.0956. The third kappa shape index (κ3) is 5.08. The van der Waals surface area contributed by atoms with Crippen molar-refractivity contribution in [2.45, 2.75) is 24.5 Å². The highest BCUT2D eigenvalue weighted by atomic mass is 32.2. The molecule has 8 nitrogen and oxygen atoms in total. The number of halogens is 1. The largest absolute Gasteiger partial charge is 0.382 e. The lowest BCUT2D eigenvalue weighted by atomic mass is 9.97. The SMILES string of the molecule is C=CC(=O)N1CCN(c2nc(=O)n3c4c(c(-c5ccc(F)cc5)c(C)cc24)SC[C@H](OCCOC)C3)CC1. The molecule has 1 fully saturated rings. The van der Waals surface area contributed by atoms with Gasteiger partial charge in [0, 0.05) is 54.9 Å². The number of methoxy groups -OCH3 is 1. The van der Waals surface area contributed by atoms with Crippen molar-refractivity contribution in [1.82, 2.24) is 14.5 Å². The Bertz CT molecular complexity index is 1420. The van der Waals surface area contributed by atoms with E-state index in [1.807, 2.05) is 6.92 Å². The number of nitrogens with zero attached hydrogens (tertiary/aromatic N) is 4. The molecule has 2 aliphatic heterocycles. The van der Waals surface area contributed by atoms with E-state index >= 15 is 0 Å². The van der Waals surface area contributed by atoms with Crippen molar-refractivity contribution in [2.75, 3.05) is 57.2 Å². The highest BCUT2D eigenvalue weighted by molar-refractivity contribution is 7.99. The van der Waals surface area contributed by atoms with Gasteiger partial charge in [-0.25, -0.2) is 9.18 Å². The molecule has 0 saturated carbocycles. The first kappa shape index (κ1) is 26.4. The fourth-order valence-corrected chi connectivity index (χ4v) is 6.48. The summed E-state index contributed by atoms with van der Waals surface area (Å²) < 4.78 is 26.7. The highest BCUT2D eigenvalue weighted by Crippen LogP contribution is 2.43. The maximum absolute atomic E-state index is 13.8. The van der Waals surface area contributed by atoms with Gasteiger partial charge in [-0.3, -0.25) is 9.36 Å². The van der Waals surface area contributed by atoms with Gasteiger partial charge in [0.2, 0.25) is 5.91 Å². The molecular formula is C28H31FN4O4S. The number of carbonyl (C=O) groups excluding carboxylic acids is 1. The van der Waals surface area contributed by atoms with Crippen LogP contribution in [0, 0.1) is 12.7 Å². The fraction of sp³-hybridized carbons (Fsp3) is 0.393. The Hall–Kier alpha value is -3.21. The lowest BCUT2D eigenvalue weighted by Crippen LogP contribution is -2.49. The molecule has 5 rings (SSSR count). The second-order valence-corrected chi connectivity index (χ2v) is 10.5. The summed E-state index contributed by atoms with van der Waals surface area (Å²) in [6.45, 7) is 9.08. The normalized spacial score (nSPS) is 17.5. The molecule has 1 saturated heterocycles. The van der Waals surface area contributed by atoms with Crippen LogP contribution in [-0.2, 0) is 20.8 Å². The lowest BCUT2D eigenvalue weighted by molar-refractivity contribution is -0.126. The molecule has 3 aromatic rings. The molecule has 0 radical (unpaired) electrons. The number of amides is 1. The van der Waals surface area contributed by atoms with E-state index in [9.17, 15) is 14.0 Å². The number of benzene rings is 2. The van der Waals surface area contributed by atoms with Gasteiger partial charge in [-0.05, 0) is 42.3 Å². The Kier molecular flexibility index (Phi) is 7.83. The minimum Gasteiger partial charge on any atom is -0.382 e. The molecule has 0 bridgehead atoms. The zero-order valence-corrected chi connectivity index (χ0v) is 22.4. The smallest absolute Gasteiger partial charge is 0.350 e. The predicted molar refractivity (Wildman–Crippen MR) is 147 cm³/mol. The molecule has 200 valence electrons. The van der Waals surface area contributed by atoms with E-state index < -0.39 is 0 Å². The summed E-state index contributed by atoms with van der Waals surface area (Å²) in [5, 5.41) is 0.886. The van der Waals surface area contributed by atoms with Crippen LogP contribution in [-0.4, -0.2) is 78.7 Å². The first-order chi connectivity index (χ1) is 18.4. The number of aromatic nitrogens is 2. The molecule has 0 N–H and O–H groups in total. The van der Waals surface area contributed by atoms with Crippen LogP contribution in [0.3, 0.4) is 0 Å². The van der Waals surface area contributed by atoms with Gasteiger partial charge in [-0.2, -0.15) is 4.98 Å². The molecular weight excluding hydrogens is 507 g/mol. The summed E-state index contributed by atoms with van der Waals surface area (Å²) in [6, 6.07) is 8.54. The van der Waals surface area contributed by atoms with E-state index in [4.69, 9.17) is 9.47 Å². The first-order valence-electron chi connectivity index (χ1n) is 12.6. The Morgan fingerprint density at radius 3 is 2.63 bits per heavy atom. The van der Waals surface area contributed by atoms with Crippen LogP contribution < -0.4 is 10.6 Å². The summed E-state index contributed by atoms with van der Waals surface area (Å²) in [5.74, 6) is 0.882. The van der Waals surface area contributed by atoms with Crippen LogP contribution in [0.5, 0.6) is 0 Å². The van der Waals surface area contributed by atoms with Gasteiger partial charge in [0.25, 0.3) is 0 Å². The van der Waals surface area contributed by atoms with Gasteiger partial charge < -0.3 is 19.3 Å². The number of ether oxygens (including phenoxy) is 2. The molecule has 2 aliphatic rings. The Morgan fingerprint density at radius 2 is 1.95 bits per heavy atom.